The second-order valence-electron chi connectivity index (χ2n) is 7.47. The van der Waals surface area contributed by atoms with Crippen LogP contribution in [0.2, 0.25) is 0 Å². The van der Waals surface area contributed by atoms with Crippen LogP contribution < -0.4 is 21.4 Å². The number of thioether (sulfide) groups is 1. The molecule has 0 radical (unpaired) electrons. The largest absolute Gasteiger partial charge is 0.477 e. The van der Waals surface area contributed by atoms with Gasteiger partial charge in [0.25, 0.3) is 11.8 Å². The Balaban J connectivity index is 1.49. The molecule has 14 heteroatoms. The van der Waals surface area contributed by atoms with Crippen molar-refractivity contribution in [1.29, 1.82) is 0 Å². The van der Waals surface area contributed by atoms with Crippen molar-refractivity contribution in [3.05, 3.63) is 59.0 Å². The van der Waals surface area contributed by atoms with E-state index in [0.717, 1.165) is 11.3 Å². The van der Waals surface area contributed by atoms with Gasteiger partial charge in [0, 0.05) is 17.2 Å². The van der Waals surface area contributed by atoms with Gasteiger partial charge in [0.05, 0.1) is 5.69 Å². The highest BCUT2D eigenvalue weighted by Gasteiger charge is 2.54. The van der Waals surface area contributed by atoms with Crippen molar-refractivity contribution in [1.82, 2.24) is 15.2 Å². The van der Waals surface area contributed by atoms with Crippen molar-refractivity contribution < 1.29 is 28.9 Å². The molecule has 2 aromatic heterocycles. The molecule has 0 aliphatic carbocycles. The maximum Gasteiger partial charge on any atom is 0.352 e. The predicted molar refractivity (Wildman–Crippen MR) is 130 cm³/mol. The lowest BCUT2D eigenvalue weighted by Crippen LogP contribution is -2.71. The molecule has 6 N–H and O–H groups in total. The van der Waals surface area contributed by atoms with Crippen LogP contribution in [-0.2, 0) is 25.8 Å². The van der Waals surface area contributed by atoms with Crippen LogP contribution in [-0.4, -0.2) is 62.8 Å². The summed E-state index contributed by atoms with van der Waals surface area (Å²) >= 11 is 2.48. The third kappa shape index (κ3) is 4.97. The summed E-state index contributed by atoms with van der Waals surface area (Å²) in [6, 6.07) is 2.66. The number of carboxylic acid groups (broad SMARTS) is 1. The minimum atomic E-state index is -1.22. The number of rotatable bonds is 8. The number of nitrogen functional groups attached to an aromatic ring is 2. The normalized spacial score (nSPS) is 20.0. The first-order valence-corrected chi connectivity index (χ1v) is 12.2. The molecule has 12 nitrogen and oxygen atoms in total. The zero-order chi connectivity index (χ0) is 25.1. The van der Waals surface area contributed by atoms with Gasteiger partial charge < -0.3 is 26.7 Å². The van der Waals surface area contributed by atoms with E-state index in [1.165, 1.54) is 23.8 Å². The van der Waals surface area contributed by atoms with E-state index < -0.39 is 29.2 Å². The Bertz CT molecular complexity index is 1270. The number of carbonyl (C=O) groups is 3. The molecule has 2 aromatic rings. The summed E-state index contributed by atoms with van der Waals surface area (Å²) < 4.78 is 1.85. The van der Waals surface area contributed by atoms with Gasteiger partial charge in [-0.3, -0.25) is 14.5 Å². The lowest BCUT2D eigenvalue weighted by Gasteiger charge is -2.49. The number of oxime groups is 1. The maximum atomic E-state index is 12.9. The topological polar surface area (TPSA) is 177 Å². The Morgan fingerprint density at radius 3 is 2.91 bits per heavy atom. The number of amides is 2. The summed E-state index contributed by atoms with van der Waals surface area (Å²) in [4.78, 5) is 47.7. The number of thiazole rings is 1. The summed E-state index contributed by atoms with van der Waals surface area (Å²) in [5.74, 6) is -2.08. The van der Waals surface area contributed by atoms with E-state index in [0.29, 0.717) is 23.6 Å². The molecule has 2 atom stereocenters. The van der Waals surface area contributed by atoms with Gasteiger partial charge in [-0.15, -0.1) is 23.1 Å². The van der Waals surface area contributed by atoms with Crippen molar-refractivity contribution in [2.24, 2.45) is 5.16 Å². The predicted octanol–water partition coefficient (Wildman–Crippen LogP) is -0.0595. The molecular formula is C21H22N7O5S2+. The number of pyridine rings is 1. The summed E-state index contributed by atoms with van der Waals surface area (Å²) in [7, 11) is 1.28. The van der Waals surface area contributed by atoms with Crippen molar-refractivity contribution in [2.45, 2.75) is 18.0 Å². The van der Waals surface area contributed by atoms with Crippen LogP contribution in [0.5, 0.6) is 0 Å². The number of hydrogen-bond donors (Lipinski definition) is 4. The molecule has 1 saturated heterocycles. The molecule has 1 unspecified atom stereocenters. The number of nitrogens with one attached hydrogen (secondary N) is 1. The van der Waals surface area contributed by atoms with Crippen LogP contribution in [0.15, 0.2) is 58.5 Å². The minimum absolute atomic E-state index is 0.101. The van der Waals surface area contributed by atoms with Gasteiger partial charge in [-0.1, -0.05) is 11.2 Å². The van der Waals surface area contributed by atoms with Crippen LogP contribution in [0.4, 0.5) is 10.8 Å². The average molecular weight is 517 g/mol. The summed E-state index contributed by atoms with van der Waals surface area (Å²) in [6.07, 6.45) is 7.09. The Kier molecular flexibility index (Phi) is 7.02. The van der Waals surface area contributed by atoms with Gasteiger partial charge in [0.1, 0.15) is 29.9 Å². The van der Waals surface area contributed by atoms with Crippen LogP contribution in [0.1, 0.15) is 5.69 Å². The van der Waals surface area contributed by atoms with E-state index in [1.807, 2.05) is 16.8 Å². The van der Waals surface area contributed by atoms with Crippen LogP contribution in [0, 0.1) is 0 Å². The molecule has 4 rings (SSSR count). The number of carboxylic acids is 1. The van der Waals surface area contributed by atoms with E-state index in [1.54, 1.807) is 29.8 Å². The number of anilines is 2. The Morgan fingerprint density at radius 2 is 2.26 bits per heavy atom. The van der Waals surface area contributed by atoms with Crippen molar-refractivity contribution in [2.75, 3.05) is 24.3 Å². The molecule has 1 fully saturated rings. The fourth-order valence-electron chi connectivity index (χ4n) is 3.65. The second kappa shape index (κ2) is 10.1. The van der Waals surface area contributed by atoms with Gasteiger partial charge in [0.15, 0.2) is 29.8 Å². The summed E-state index contributed by atoms with van der Waals surface area (Å²) in [6.45, 7) is 0.477. The molecule has 2 aliphatic rings. The van der Waals surface area contributed by atoms with Gasteiger partial charge in [-0.25, -0.2) is 9.78 Å². The van der Waals surface area contributed by atoms with E-state index in [4.69, 9.17) is 16.3 Å². The molecule has 0 aromatic carbocycles. The first-order valence-electron chi connectivity index (χ1n) is 10.3. The molecule has 0 spiro atoms. The molecule has 0 saturated carbocycles. The van der Waals surface area contributed by atoms with E-state index >= 15 is 0 Å². The number of allylic oxidation sites excluding steroid dienone is 2. The third-order valence-corrected chi connectivity index (χ3v) is 7.14. The SMILES string of the molecule is CO/N=C(\C(=O)NC1C(=O)N2C(C(=O)O)=C(C=CC[n+]3cccc(N)c3)CS[C@H]12)c1csc(N)n1. The van der Waals surface area contributed by atoms with E-state index in [2.05, 4.69) is 15.5 Å². The van der Waals surface area contributed by atoms with E-state index in [-0.39, 0.29) is 22.2 Å². The standard InChI is InChI=1S/C21H21N7O5S2/c1-33-26-14(13-10-35-21(23)24-13)17(29)25-15-18(30)28-16(20(31)32)11(9-34-19(15)28)4-2-6-27-7-3-5-12(22)8-27/h2-5,7-8,10,15,19H,6,9,22H2,1H3,(H3-,23,24,25,29,31,32)/p+1/b4-2?,26-14-/t15?,19-/m1/s1. The Morgan fingerprint density at radius 1 is 1.46 bits per heavy atom. The number of hydrogen-bond acceptors (Lipinski definition) is 10. The van der Waals surface area contributed by atoms with E-state index in [9.17, 15) is 19.5 Å². The minimum Gasteiger partial charge on any atom is -0.477 e. The van der Waals surface area contributed by atoms with Gasteiger partial charge in [-0.2, -0.15) is 4.57 Å². The monoisotopic (exact) mass is 516 g/mol. The lowest BCUT2D eigenvalue weighted by atomic mass is 10.0. The Labute approximate surface area is 207 Å². The quantitative estimate of drug-likeness (QED) is 0.162. The van der Waals surface area contributed by atoms with Crippen molar-refractivity contribution in [3.8, 4) is 0 Å². The van der Waals surface area contributed by atoms with Crippen LogP contribution in [0.25, 0.3) is 0 Å². The molecule has 35 heavy (non-hydrogen) atoms. The zero-order valence-electron chi connectivity index (χ0n) is 18.5. The van der Waals surface area contributed by atoms with Crippen molar-refractivity contribution in [3.63, 3.8) is 0 Å². The number of carbonyl (C=O) groups excluding carboxylic acids is 2. The third-order valence-electron chi connectivity index (χ3n) is 5.17. The van der Waals surface area contributed by atoms with Crippen LogP contribution >= 0.6 is 23.1 Å². The highest BCUT2D eigenvalue weighted by Crippen LogP contribution is 2.40. The first kappa shape index (κ1) is 24.2. The summed E-state index contributed by atoms with van der Waals surface area (Å²) in [5, 5.41) is 17.4. The number of aliphatic carboxylic acids is 1. The van der Waals surface area contributed by atoms with Crippen LogP contribution in [0.3, 0.4) is 0 Å². The molecule has 0 bridgehead atoms. The first-order chi connectivity index (χ1) is 16.8. The fourth-order valence-corrected chi connectivity index (χ4v) is 5.51. The highest BCUT2D eigenvalue weighted by molar-refractivity contribution is 8.00. The highest BCUT2D eigenvalue weighted by atomic mass is 32.2. The molecular weight excluding hydrogens is 494 g/mol. The average Bonchev–Trinajstić information content (AvgIpc) is 3.26. The Hall–Kier alpha value is -3.91. The maximum absolute atomic E-state index is 12.9. The number of fused-ring (bicyclic) bond motifs is 1. The second-order valence-corrected chi connectivity index (χ2v) is 9.46. The molecule has 182 valence electrons. The molecule has 2 amide bonds. The molecule has 4 heterocycles. The molecule has 2 aliphatic heterocycles. The summed E-state index contributed by atoms with van der Waals surface area (Å²) in [5.41, 5.74) is 12.5. The van der Waals surface area contributed by atoms with Gasteiger partial charge in [0.2, 0.25) is 0 Å². The smallest absolute Gasteiger partial charge is 0.352 e. The zero-order valence-corrected chi connectivity index (χ0v) is 20.1. The van der Waals surface area contributed by atoms with Gasteiger partial charge in [-0.05, 0) is 17.7 Å². The van der Waals surface area contributed by atoms with Gasteiger partial charge >= 0.3 is 5.97 Å². The number of nitrogens with two attached hydrogens (primary N) is 2. The lowest BCUT2D eigenvalue weighted by molar-refractivity contribution is -0.686. The number of β-lactam (4-membered cyclic amide) rings is 1. The number of nitrogens with zero attached hydrogens (tertiary/aromatic N) is 4. The van der Waals surface area contributed by atoms with Crippen molar-refractivity contribution >= 4 is 57.4 Å². The fraction of sp³-hybridized carbons (Fsp3) is 0.238. The number of aromatic nitrogens is 2.